The zero-order valence-electron chi connectivity index (χ0n) is 9.98. The molecule has 4 nitrogen and oxygen atoms in total. The van der Waals surface area contributed by atoms with Crippen molar-refractivity contribution in [1.29, 1.82) is 0 Å². The van der Waals surface area contributed by atoms with E-state index in [-0.39, 0.29) is 11.9 Å². The van der Waals surface area contributed by atoms with Crippen molar-refractivity contribution in [3.63, 3.8) is 0 Å². The number of hydrogen-bond donors (Lipinski definition) is 2. The van der Waals surface area contributed by atoms with Gasteiger partial charge in [-0.25, -0.2) is 0 Å². The van der Waals surface area contributed by atoms with E-state index < -0.39 is 0 Å². The van der Waals surface area contributed by atoms with Gasteiger partial charge in [0.2, 0.25) is 5.91 Å². The summed E-state index contributed by atoms with van der Waals surface area (Å²) < 4.78 is 1.01. The van der Waals surface area contributed by atoms with E-state index in [9.17, 15) is 4.79 Å². The molecule has 1 aromatic carbocycles. The zero-order valence-corrected chi connectivity index (χ0v) is 11.6. The fraction of sp³-hybridized carbons (Fsp3) is 0.231. The normalized spacial score (nSPS) is 12.1. The van der Waals surface area contributed by atoms with Crippen LogP contribution in [0, 0.1) is 0 Å². The molecule has 0 aliphatic heterocycles. The van der Waals surface area contributed by atoms with Gasteiger partial charge in [-0.05, 0) is 24.6 Å². The SMILES string of the molecule is CC(NC(=O)Cc1ccc(Br)cc1)c1cn[nH]c1. The van der Waals surface area contributed by atoms with Gasteiger partial charge in [0.05, 0.1) is 18.7 Å². The molecule has 0 saturated carbocycles. The van der Waals surface area contributed by atoms with Crippen molar-refractivity contribution < 1.29 is 4.79 Å². The first kappa shape index (κ1) is 12.8. The lowest BCUT2D eigenvalue weighted by molar-refractivity contribution is -0.121. The molecule has 1 amide bonds. The molecule has 94 valence electrons. The molecule has 1 heterocycles. The summed E-state index contributed by atoms with van der Waals surface area (Å²) in [6.07, 6.45) is 3.88. The monoisotopic (exact) mass is 307 g/mol. The van der Waals surface area contributed by atoms with Crippen molar-refractivity contribution in [3.05, 3.63) is 52.3 Å². The molecule has 1 atom stereocenters. The van der Waals surface area contributed by atoms with Gasteiger partial charge in [-0.15, -0.1) is 0 Å². The second-order valence-electron chi connectivity index (χ2n) is 4.12. The quantitative estimate of drug-likeness (QED) is 0.912. The number of hydrogen-bond acceptors (Lipinski definition) is 2. The third-order valence-electron chi connectivity index (χ3n) is 2.67. The van der Waals surface area contributed by atoms with Crippen LogP contribution in [0.25, 0.3) is 0 Å². The average Bonchev–Trinajstić information content (AvgIpc) is 2.85. The molecule has 0 spiro atoms. The van der Waals surface area contributed by atoms with Gasteiger partial charge in [-0.3, -0.25) is 9.89 Å². The molecule has 0 fully saturated rings. The maximum absolute atomic E-state index is 11.8. The Hall–Kier alpha value is -1.62. The molecule has 2 rings (SSSR count). The number of rotatable bonds is 4. The fourth-order valence-corrected chi connectivity index (χ4v) is 1.93. The highest BCUT2D eigenvalue weighted by atomic mass is 79.9. The smallest absolute Gasteiger partial charge is 0.224 e. The first-order valence-corrected chi connectivity index (χ1v) is 6.47. The molecular formula is C13H14BrN3O. The van der Waals surface area contributed by atoms with Crippen LogP contribution in [0.5, 0.6) is 0 Å². The van der Waals surface area contributed by atoms with Gasteiger partial charge in [0.25, 0.3) is 0 Å². The average molecular weight is 308 g/mol. The second-order valence-corrected chi connectivity index (χ2v) is 5.04. The van der Waals surface area contributed by atoms with Crippen LogP contribution in [0.4, 0.5) is 0 Å². The van der Waals surface area contributed by atoms with E-state index in [1.807, 2.05) is 31.2 Å². The van der Waals surface area contributed by atoms with Gasteiger partial charge in [0.1, 0.15) is 0 Å². The van der Waals surface area contributed by atoms with Crippen LogP contribution in [0.2, 0.25) is 0 Å². The molecule has 18 heavy (non-hydrogen) atoms. The summed E-state index contributed by atoms with van der Waals surface area (Å²) >= 11 is 3.37. The molecule has 0 radical (unpaired) electrons. The zero-order chi connectivity index (χ0) is 13.0. The second kappa shape index (κ2) is 5.82. The Kier molecular flexibility index (Phi) is 4.15. The number of aromatic amines is 1. The number of nitrogens with zero attached hydrogens (tertiary/aromatic N) is 1. The van der Waals surface area contributed by atoms with E-state index in [0.29, 0.717) is 6.42 Å². The summed E-state index contributed by atoms with van der Waals surface area (Å²) in [6.45, 7) is 1.93. The maximum atomic E-state index is 11.8. The van der Waals surface area contributed by atoms with E-state index >= 15 is 0 Å². The van der Waals surface area contributed by atoms with Crippen LogP contribution in [0.3, 0.4) is 0 Å². The summed E-state index contributed by atoms with van der Waals surface area (Å²) in [5, 5.41) is 9.53. The maximum Gasteiger partial charge on any atom is 0.224 e. The number of carbonyl (C=O) groups is 1. The number of nitrogens with one attached hydrogen (secondary N) is 2. The number of amides is 1. The Balaban J connectivity index is 1.91. The Labute approximate surface area is 114 Å². The minimum atomic E-state index is -0.0355. The number of aromatic nitrogens is 2. The highest BCUT2D eigenvalue weighted by molar-refractivity contribution is 9.10. The molecule has 5 heteroatoms. The van der Waals surface area contributed by atoms with Crippen LogP contribution in [-0.4, -0.2) is 16.1 Å². The number of benzene rings is 1. The van der Waals surface area contributed by atoms with Crippen molar-refractivity contribution in [2.45, 2.75) is 19.4 Å². The van der Waals surface area contributed by atoms with Gasteiger partial charge in [0.15, 0.2) is 0 Å². The molecule has 0 saturated heterocycles. The topological polar surface area (TPSA) is 57.8 Å². The lowest BCUT2D eigenvalue weighted by atomic mass is 10.1. The highest BCUT2D eigenvalue weighted by Gasteiger charge is 2.10. The molecule has 1 unspecified atom stereocenters. The summed E-state index contributed by atoms with van der Waals surface area (Å²) in [7, 11) is 0. The minimum Gasteiger partial charge on any atom is -0.349 e. The number of halogens is 1. The van der Waals surface area contributed by atoms with Crippen molar-refractivity contribution in [1.82, 2.24) is 15.5 Å². The predicted molar refractivity (Wildman–Crippen MR) is 73.0 cm³/mol. The Morgan fingerprint density at radius 2 is 2.17 bits per heavy atom. The highest BCUT2D eigenvalue weighted by Crippen LogP contribution is 2.12. The predicted octanol–water partition coefficient (Wildman–Crippen LogP) is 2.59. The van der Waals surface area contributed by atoms with Crippen molar-refractivity contribution in [2.75, 3.05) is 0 Å². The minimum absolute atomic E-state index is 0.00558. The van der Waals surface area contributed by atoms with Crippen LogP contribution in [0.1, 0.15) is 24.1 Å². The summed E-state index contributed by atoms with van der Waals surface area (Å²) in [5.74, 6) is 0.00558. The van der Waals surface area contributed by atoms with E-state index in [1.165, 1.54) is 0 Å². The first-order chi connectivity index (χ1) is 8.65. The van der Waals surface area contributed by atoms with Crippen molar-refractivity contribution >= 4 is 21.8 Å². The van der Waals surface area contributed by atoms with E-state index in [1.54, 1.807) is 12.4 Å². The van der Waals surface area contributed by atoms with Gasteiger partial charge in [0, 0.05) is 16.2 Å². The summed E-state index contributed by atoms with van der Waals surface area (Å²) in [6, 6.07) is 7.70. The third kappa shape index (κ3) is 3.43. The molecule has 1 aromatic heterocycles. The van der Waals surface area contributed by atoms with Crippen LogP contribution in [0.15, 0.2) is 41.1 Å². The Bertz CT molecular complexity index is 508. The lowest BCUT2D eigenvalue weighted by Crippen LogP contribution is -2.27. The van der Waals surface area contributed by atoms with Gasteiger partial charge >= 0.3 is 0 Å². The molecule has 0 bridgehead atoms. The number of H-pyrrole nitrogens is 1. The number of carbonyl (C=O) groups excluding carboxylic acids is 1. The molecule has 0 aliphatic rings. The fourth-order valence-electron chi connectivity index (χ4n) is 1.66. The standard InChI is InChI=1S/C13H14BrN3O/c1-9(11-7-15-16-8-11)17-13(18)6-10-2-4-12(14)5-3-10/h2-5,7-9H,6H2,1H3,(H,15,16)(H,17,18). The first-order valence-electron chi connectivity index (χ1n) is 5.67. The third-order valence-corrected chi connectivity index (χ3v) is 3.20. The van der Waals surface area contributed by atoms with E-state index in [4.69, 9.17) is 0 Å². The van der Waals surface area contributed by atoms with Gasteiger partial charge < -0.3 is 5.32 Å². The summed E-state index contributed by atoms with van der Waals surface area (Å²) in [4.78, 5) is 11.8. The molecule has 2 N–H and O–H groups in total. The van der Waals surface area contributed by atoms with E-state index in [2.05, 4.69) is 31.4 Å². The Morgan fingerprint density at radius 3 is 2.78 bits per heavy atom. The lowest BCUT2D eigenvalue weighted by Gasteiger charge is -2.11. The molecule has 2 aromatic rings. The van der Waals surface area contributed by atoms with Gasteiger partial charge in [-0.1, -0.05) is 28.1 Å². The van der Waals surface area contributed by atoms with Crippen molar-refractivity contribution in [3.8, 4) is 0 Å². The van der Waals surface area contributed by atoms with Crippen LogP contribution in [-0.2, 0) is 11.2 Å². The van der Waals surface area contributed by atoms with Gasteiger partial charge in [-0.2, -0.15) is 5.10 Å². The van der Waals surface area contributed by atoms with Crippen molar-refractivity contribution in [2.24, 2.45) is 0 Å². The summed E-state index contributed by atoms with van der Waals surface area (Å²) in [5.41, 5.74) is 1.97. The largest absolute Gasteiger partial charge is 0.349 e. The van der Waals surface area contributed by atoms with Crippen LogP contribution >= 0.6 is 15.9 Å². The van der Waals surface area contributed by atoms with Crippen LogP contribution < -0.4 is 5.32 Å². The Morgan fingerprint density at radius 1 is 1.44 bits per heavy atom. The van der Waals surface area contributed by atoms with E-state index in [0.717, 1.165) is 15.6 Å². The molecule has 0 aliphatic carbocycles. The molecular weight excluding hydrogens is 294 g/mol.